The molecule has 0 aliphatic carbocycles. The summed E-state index contributed by atoms with van der Waals surface area (Å²) in [4.78, 5) is 33.3. The molecule has 0 spiro atoms. The molecule has 4 rings (SSSR count). The molecule has 0 unspecified atom stereocenters. The van der Waals surface area contributed by atoms with Crippen molar-refractivity contribution in [3.8, 4) is 0 Å². The molecule has 1 aromatic heterocycles. The SMILES string of the molecule is CC(=O)c1cccc(N=C2NC(=O)/C(=C\c3nc4ccccc4n3C)S2)c1. The average Bonchev–Trinajstić information content (AvgIpc) is 3.15. The molecule has 1 aliphatic rings. The molecule has 134 valence electrons. The van der Waals surface area contributed by atoms with Crippen LogP contribution in [0.25, 0.3) is 17.1 Å². The van der Waals surface area contributed by atoms with E-state index in [1.54, 1.807) is 30.3 Å². The third kappa shape index (κ3) is 3.41. The van der Waals surface area contributed by atoms with Crippen LogP contribution in [0.1, 0.15) is 23.1 Å². The zero-order valence-corrected chi connectivity index (χ0v) is 15.6. The second kappa shape index (κ2) is 6.85. The number of thioether (sulfide) groups is 1. The van der Waals surface area contributed by atoms with Crippen LogP contribution < -0.4 is 5.32 Å². The van der Waals surface area contributed by atoms with Gasteiger partial charge in [-0.15, -0.1) is 0 Å². The number of amidine groups is 1. The van der Waals surface area contributed by atoms with Crippen molar-refractivity contribution in [3.05, 3.63) is 64.8 Å². The van der Waals surface area contributed by atoms with Gasteiger partial charge >= 0.3 is 0 Å². The van der Waals surface area contributed by atoms with Crippen LogP contribution in [-0.4, -0.2) is 26.4 Å². The van der Waals surface area contributed by atoms with E-state index in [1.165, 1.54) is 18.7 Å². The van der Waals surface area contributed by atoms with Gasteiger partial charge in [-0.1, -0.05) is 24.3 Å². The number of fused-ring (bicyclic) bond motifs is 1. The summed E-state index contributed by atoms with van der Waals surface area (Å²) in [5.41, 5.74) is 3.09. The minimum Gasteiger partial charge on any atom is -0.328 e. The average molecular weight is 376 g/mol. The standard InChI is InChI=1S/C20H16N4O2S/c1-12(25)13-6-5-7-14(10-13)21-20-23-19(26)17(27-20)11-18-22-15-8-3-4-9-16(15)24(18)2/h3-11H,1-2H3,(H,21,23,26)/b17-11+. The summed E-state index contributed by atoms with van der Waals surface area (Å²) in [5.74, 6) is 0.463. The van der Waals surface area contributed by atoms with E-state index in [2.05, 4.69) is 15.3 Å². The van der Waals surface area contributed by atoms with Crippen LogP contribution in [0.3, 0.4) is 0 Å². The first-order valence-corrected chi connectivity index (χ1v) is 9.15. The molecule has 3 aromatic rings. The lowest BCUT2D eigenvalue weighted by Crippen LogP contribution is -2.19. The summed E-state index contributed by atoms with van der Waals surface area (Å²) >= 11 is 1.25. The number of ketones is 1. The van der Waals surface area contributed by atoms with Gasteiger partial charge in [-0.2, -0.15) is 0 Å². The fraction of sp³-hybridized carbons (Fsp3) is 0.100. The van der Waals surface area contributed by atoms with Crippen LogP contribution in [0.4, 0.5) is 5.69 Å². The van der Waals surface area contributed by atoms with Crippen LogP contribution in [0.15, 0.2) is 58.4 Å². The number of benzene rings is 2. The third-order valence-corrected chi connectivity index (χ3v) is 5.13. The Kier molecular flexibility index (Phi) is 4.37. The van der Waals surface area contributed by atoms with Gasteiger partial charge in [-0.25, -0.2) is 9.98 Å². The van der Waals surface area contributed by atoms with Crippen LogP contribution in [-0.2, 0) is 11.8 Å². The molecule has 2 heterocycles. The van der Waals surface area contributed by atoms with Gasteiger partial charge in [0.1, 0.15) is 5.82 Å². The Balaban J connectivity index is 1.64. The van der Waals surface area contributed by atoms with Crippen molar-refractivity contribution in [2.45, 2.75) is 6.92 Å². The van der Waals surface area contributed by atoms with Crippen molar-refractivity contribution in [2.24, 2.45) is 12.0 Å². The highest BCUT2D eigenvalue weighted by Crippen LogP contribution is 2.28. The predicted molar refractivity (Wildman–Crippen MR) is 108 cm³/mol. The maximum atomic E-state index is 12.3. The van der Waals surface area contributed by atoms with Gasteiger partial charge in [-0.3, -0.25) is 9.59 Å². The quantitative estimate of drug-likeness (QED) is 0.559. The molecule has 0 saturated carbocycles. The molecule has 0 atom stereocenters. The Hall–Kier alpha value is -3.19. The summed E-state index contributed by atoms with van der Waals surface area (Å²) in [6, 6.07) is 14.8. The van der Waals surface area contributed by atoms with Crippen LogP contribution in [0.5, 0.6) is 0 Å². The van der Waals surface area contributed by atoms with Crippen molar-refractivity contribution in [1.82, 2.24) is 14.9 Å². The number of carbonyl (C=O) groups excluding carboxylic acids is 2. The first-order valence-electron chi connectivity index (χ1n) is 8.33. The van der Waals surface area contributed by atoms with Crippen LogP contribution in [0.2, 0.25) is 0 Å². The van der Waals surface area contributed by atoms with E-state index in [0.29, 0.717) is 27.1 Å². The molecule has 1 N–H and O–H groups in total. The zero-order chi connectivity index (χ0) is 19.0. The summed E-state index contributed by atoms with van der Waals surface area (Å²) in [6.45, 7) is 1.51. The summed E-state index contributed by atoms with van der Waals surface area (Å²) in [7, 11) is 1.92. The Morgan fingerprint density at radius 1 is 1.22 bits per heavy atom. The Morgan fingerprint density at radius 3 is 2.81 bits per heavy atom. The molecule has 0 bridgehead atoms. The highest BCUT2D eigenvalue weighted by atomic mass is 32.2. The monoisotopic (exact) mass is 376 g/mol. The van der Waals surface area contributed by atoms with Crippen LogP contribution in [0, 0.1) is 0 Å². The third-order valence-electron chi connectivity index (χ3n) is 4.22. The van der Waals surface area contributed by atoms with E-state index in [1.807, 2.05) is 35.9 Å². The minimum absolute atomic E-state index is 0.0254. The molecular weight excluding hydrogens is 360 g/mol. The molecular formula is C20H16N4O2S. The molecule has 0 radical (unpaired) electrons. The molecule has 1 saturated heterocycles. The number of nitrogens with one attached hydrogen (secondary N) is 1. The van der Waals surface area contributed by atoms with E-state index in [4.69, 9.17) is 0 Å². The smallest absolute Gasteiger partial charge is 0.264 e. The molecule has 1 aliphatic heterocycles. The maximum absolute atomic E-state index is 12.3. The summed E-state index contributed by atoms with van der Waals surface area (Å²) < 4.78 is 1.95. The number of aliphatic imine (C=N–C) groups is 1. The van der Waals surface area contributed by atoms with Gasteiger partial charge in [0.05, 0.1) is 21.6 Å². The molecule has 27 heavy (non-hydrogen) atoms. The number of para-hydroxylation sites is 2. The number of hydrogen-bond acceptors (Lipinski definition) is 5. The Morgan fingerprint density at radius 2 is 2.04 bits per heavy atom. The van der Waals surface area contributed by atoms with Crippen molar-refractivity contribution in [3.63, 3.8) is 0 Å². The van der Waals surface area contributed by atoms with Crippen molar-refractivity contribution in [2.75, 3.05) is 0 Å². The second-order valence-electron chi connectivity index (χ2n) is 6.11. The number of aryl methyl sites for hydroxylation is 1. The van der Waals surface area contributed by atoms with Crippen molar-refractivity contribution >= 4 is 51.4 Å². The Bertz CT molecular complexity index is 1140. The normalized spacial score (nSPS) is 17.0. The first-order chi connectivity index (χ1) is 13.0. The van der Waals surface area contributed by atoms with Crippen molar-refractivity contribution in [1.29, 1.82) is 0 Å². The van der Waals surface area contributed by atoms with Gasteiger partial charge in [0, 0.05) is 18.7 Å². The van der Waals surface area contributed by atoms with Gasteiger partial charge in [-0.05, 0) is 43.0 Å². The fourth-order valence-electron chi connectivity index (χ4n) is 2.80. The van der Waals surface area contributed by atoms with Gasteiger partial charge in [0.15, 0.2) is 11.0 Å². The number of Topliss-reactive ketones (excluding diaryl/α,β-unsaturated/α-hetero) is 1. The van der Waals surface area contributed by atoms with E-state index >= 15 is 0 Å². The summed E-state index contributed by atoms with van der Waals surface area (Å²) in [6.07, 6.45) is 1.76. The topological polar surface area (TPSA) is 76.3 Å². The molecule has 6 nitrogen and oxygen atoms in total. The lowest BCUT2D eigenvalue weighted by molar-refractivity contribution is -0.115. The molecule has 1 fully saturated rings. The number of amides is 1. The first kappa shape index (κ1) is 17.2. The van der Waals surface area contributed by atoms with E-state index in [0.717, 1.165) is 11.0 Å². The van der Waals surface area contributed by atoms with E-state index in [9.17, 15) is 9.59 Å². The van der Waals surface area contributed by atoms with E-state index < -0.39 is 0 Å². The van der Waals surface area contributed by atoms with Gasteiger partial charge in [0.2, 0.25) is 0 Å². The number of carbonyl (C=O) groups is 2. The fourth-order valence-corrected chi connectivity index (χ4v) is 3.61. The van der Waals surface area contributed by atoms with Crippen LogP contribution >= 0.6 is 11.8 Å². The molecule has 7 heteroatoms. The molecule has 1 amide bonds. The molecule has 2 aromatic carbocycles. The van der Waals surface area contributed by atoms with E-state index in [-0.39, 0.29) is 11.7 Å². The van der Waals surface area contributed by atoms with Gasteiger partial charge in [0.25, 0.3) is 5.91 Å². The van der Waals surface area contributed by atoms with Gasteiger partial charge < -0.3 is 9.88 Å². The number of rotatable bonds is 3. The lowest BCUT2D eigenvalue weighted by Gasteiger charge is -1.99. The summed E-state index contributed by atoms with van der Waals surface area (Å²) in [5, 5.41) is 3.24. The second-order valence-corrected chi connectivity index (χ2v) is 7.14. The highest BCUT2D eigenvalue weighted by Gasteiger charge is 2.24. The zero-order valence-electron chi connectivity index (χ0n) is 14.8. The number of hydrogen-bond donors (Lipinski definition) is 1. The number of aromatic nitrogens is 2. The van der Waals surface area contributed by atoms with Crippen molar-refractivity contribution < 1.29 is 9.59 Å². The number of nitrogens with zero attached hydrogens (tertiary/aromatic N) is 3. The minimum atomic E-state index is -0.214. The predicted octanol–water partition coefficient (Wildman–Crippen LogP) is 3.67. The maximum Gasteiger partial charge on any atom is 0.264 e. The largest absolute Gasteiger partial charge is 0.328 e. The highest BCUT2D eigenvalue weighted by molar-refractivity contribution is 8.18. The lowest BCUT2D eigenvalue weighted by atomic mass is 10.1. The number of imidazole rings is 1. The Labute approximate surface area is 160 Å².